The Morgan fingerprint density at radius 2 is 2.00 bits per heavy atom. The summed E-state index contributed by atoms with van der Waals surface area (Å²) in [6.45, 7) is 2.71. The number of hydrogen-bond donors (Lipinski definition) is 1. The van der Waals surface area contributed by atoms with Gasteiger partial charge in [0, 0.05) is 6.42 Å². The molecular weight excluding hydrogens is 366 g/mol. The summed E-state index contributed by atoms with van der Waals surface area (Å²) in [5, 5.41) is 21.6. The summed E-state index contributed by atoms with van der Waals surface area (Å²) in [6, 6.07) is 8.05. The van der Waals surface area contributed by atoms with Crippen LogP contribution in [0.25, 0.3) is 0 Å². The van der Waals surface area contributed by atoms with Crippen molar-refractivity contribution in [2.24, 2.45) is 0 Å². The molecule has 0 aliphatic rings. The van der Waals surface area contributed by atoms with Crippen LogP contribution in [-0.2, 0) is 17.9 Å². The van der Waals surface area contributed by atoms with Crippen molar-refractivity contribution in [3.05, 3.63) is 58.0 Å². The van der Waals surface area contributed by atoms with E-state index >= 15 is 0 Å². The van der Waals surface area contributed by atoms with Gasteiger partial charge in [-0.15, -0.1) is 10.2 Å². The SMILES string of the molecule is COc1nn(CCC(=O)Nc2ncn(Cc3ccc(C)cc3)n2)cc1[N+](=O)[O-]. The molecule has 2 heterocycles. The number of rotatable bonds is 8. The Labute approximate surface area is 160 Å². The van der Waals surface area contributed by atoms with Gasteiger partial charge in [-0.2, -0.15) is 0 Å². The van der Waals surface area contributed by atoms with E-state index in [9.17, 15) is 14.9 Å². The first-order valence-electron chi connectivity index (χ1n) is 8.45. The van der Waals surface area contributed by atoms with E-state index < -0.39 is 4.92 Å². The molecule has 2 aromatic heterocycles. The number of carbonyl (C=O) groups excluding carboxylic acids is 1. The number of anilines is 1. The second-order valence-corrected chi connectivity index (χ2v) is 6.09. The third-order valence-electron chi connectivity index (χ3n) is 3.92. The molecule has 3 aromatic rings. The molecule has 11 heteroatoms. The quantitative estimate of drug-likeness (QED) is 0.462. The molecule has 3 rings (SSSR count). The number of hydrogen-bond acceptors (Lipinski definition) is 7. The number of aromatic nitrogens is 5. The minimum Gasteiger partial charge on any atom is -0.475 e. The lowest BCUT2D eigenvalue weighted by atomic mass is 10.1. The molecule has 0 spiro atoms. The van der Waals surface area contributed by atoms with Crippen LogP contribution in [0.3, 0.4) is 0 Å². The fourth-order valence-corrected chi connectivity index (χ4v) is 2.49. The highest BCUT2D eigenvalue weighted by molar-refractivity contribution is 5.88. The molecule has 0 fully saturated rings. The summed E-state index contributed by atoms with van der Waals surface area (Å²) in [7, 11) is 1.30. The number of amides is 1. The lowest BCUT2D eigenvalue weighted by Gasteiger charge is -2.02. The van der Waals surface area contributed by atoms with Crippen molar-refractivity contribution < 1.29 is 14.5 Å². The first-order chi connectivity index (χ1) is 13.4. The molecule has 0 radical (unpaired) electrons. The van der Waals surface area contributed by atoms with Gasteiger partial charge in [-0.05, 0) is 12.5 Å². The molecule has 0 aliphatic carbocycles. The normalized spacial score (nSPS) is 10.6. The van der Waals surface area contributed by atoms with Gasteiger partial charge < -0.3 is 4.74 Å². The van der Waals surface area contributed by atoms with Crippen molar-refractivity contribution >= 4 is 17.5 Å². The summed E-state index contributed by atoms with van der Waals surface area (Å²) in [6.07, 6.45) is 2.81. The van der Waals surface area contributed by atoms with Crippen LogP contribution in [-0.4, -0.2) is 42.5 Å². The molecule has 1 N–H and O–H groups in total. The van der Waals surface area contributed by atoms with Crippen molar-refractivity contribution in [3.8, 4) is 5.88 Å². The van der Waals surface area contributed by atoms with Gasteiger partial charge >= 0.3 is 11.6 Å². The van der Waals surface area contributed by atoms with Crippen LogP contribution in [0, 0.1) is 17.0 Å². The fourth-order valence-electron chi connectivity index (χ4n) is 2.49. The Morgan fingerprint density at radius 3 is 2.64 bits per heavy atom. The minimum atomic E-state index is -0.590. The van der Waals surface area contributed by atoms with E-state index in [-0.39, 0.29) is 36.4 Å². The lowest BCUT2D eigenvalue weighted by Crippen LogP contribution is -2.16. The number of benzene rings is 1. The van der Waals surface area contributed by atoms with Gasteiger partial charge in [-0.1, -0.05) is 29.8 Å². The highest BCUT2D eigenvalue weighted by atomic mass is 16.6. The predicted octanol–water partition coefficient (Wildman–Crippen LogP) is 1.78. The molecule has 0 atom stereocenters. The van der Waals surface area contributed by atoms with Crippen LogP contribution in [0.5, 0.6) is 5.88 Å². The largest absolute Gasteiger partial charge is 0.475 e. The second kappa shape index (κ2) is 8.29. The first-order valence-corrected chi connectivity index (χ1v) is 8.45. The smallest absolute Gasteiger partial charge is 0.350 e. The molecule has 28 heavy (non-hydrogen) atoms. The van der Waals surface area contributed by atoms with Gasteiger partial charge in [-0.25, -0.2) is 9.67 Å². The van der Waals surface area contributed by atoms with E-state index in [2.05, 4.69) is 20.5 Å². The van der Waals surface area contributed by atoms with Crippen molar-refractivity contribution in [3.63, 3.8) is 0 Å². The summed E-state index contributed by atoms with van der Waals surface area (Å²) < 4.78 is 7.77. The fraction of sp³-hybridized carbons (Fsp3) is 0.294. The lowest BCUT2D eigenvalue weighted by molar-refractivity contribution is -0.385. The monoisotopic (exact) mass is 385 g/mol. The number of nitro groups is 1. The number of methoxy groups -OCH3 is 1. The van der Waals surface area contributed by atoms with Gasteiger partial charge in [0.2, 0.25) is 11.9 Å². The zero-order chi connectivity index (χ0) is 20.1. The van der Waals surface area contributed by atoms with Gasteiger partial charge in [0.05, 0.1) is 25.1 Å². The van der Waals surface area contributed by atoms with Gasteiger partial charge in [-0.3, -0.25) is 24.9 Å². The maximum absolute atomic E-state index is 12.1. The molecule has 0 saturated carbocycles. The van der Waals surface area contributed by atoms with Crippen molar-refractivity contribution in [1.82, 2.24) is 24.5 Å². The molecule has 0 aliphatic heterocycles. The Hall–Kier alpha value is -3.76. The van der Waals surface area contributed by atoms with Crippen LogP contribution in [0.4, 0.5) is 11.6 Å². The molecule has 11 nitrogen and oxygen atoms in total. The number of ether oxygens (including phenoxy) is 1. The Morgan fingerprint density at radius 1 is 1.25 bits per heavy atom. The Kier molecular flexibility index (Phi) is 5.63. The van der Waals surface area contributed by atoms with E-state index in [1.165, 1.54) is 29.9 Å². The van der Waals surface area contributed by atoms with Crippen molar-refractivity contribution in [2.75, 3.05) is 12.4 Å². The van der Waals surface area contributed by atoms with Gasteiger partial charge in [0.15, 0.2) is 0 Å². The van der Waals surface area contributed by atoms with Crippen LogP contribution in [0.1, 0.15) is 17.5 Å². The number of nitrogens with one attached hydrogen (secondary N) is 1. The molecule has 0 saturated heterocycles. The maximum atomic E-state index is 12.1. The Balaban J connectivity index is 1.53. The second-order valence-electron chi connectivity index (χ2n) is 6.09. The summed E-state index contributed by atoms with van der Waals surface area (Å²) in [4.78, 5) is 26.5. The third kappa shape index (κ3) is 4.69. The van der Waals surface area contributed by atoms with E-state index in [4.69, 9.17) is 4.74 Å². The minimum absolute atomic E-state index is 0.0501. The number of aryl methyl sites for hydroxylation is 2. The molecule has 146 valence electrons. The topological polar surface area (TPSA) is 130 Å². The van der Waals surface area contributed by atoms with Crippen LogP contribution in [0.15, 0.2) is 36.8 Å². The van der Waals surface area contributed by atoms with E-state index in [1.54, 1.807) is 4.68 Å². The molecule has 1 aromatic carbocycles. The van der Waals surface area contributed by atoms with Crippen molar-refractivity contribution in [2.45, 2.75) is 26.4 Å². The van der Waals surface area contributed by atoms with Crippen LogP contribution in [0.2, 0.25) is 0 Å². The predicted molar refractivity (Wildman–Crippen MR) is 99.0 cm³/mol. The molecular formula is C17H19N7O4. The van der Waals surface area contributed by atoms with Gasteiger partial charge in [0.1, 0.15) is 12.5 Å². The standard InChI is InChI=1S/C17H19N7O4/c1-12-3-5-13(6-4-12)9-23-11-18-17(21-23)19-15(25)7-8-22-10-14(24(26)27)16(20-22)28-2/h3-6,10-11H,7-9H2,1-2H3,(H,19,21,25). The van der Waals surface area contributed by atoms with E-state index in [0.717, 1.165) is 5.56 Å². The Bertz CT molecular complexity index is 978. The van der Waals surface area contributed by atoms with E-state index in [0.29, 0.717) is 6.54 Å². The zero-order valence-electron chi connectivity index (χ0n) is 15.4. The van der Waals surface area contributed by atoms with Gasteiger partial charge in [0.25, 0.3) is 0 Å². The highest BCUT2D eigenvalue weighted by Gasteiger charge is 2.20. The van der Waals surface area contributed by atoms with Crippen LogP contribution >= 0.6 is 0 Å². The maximum Gasteiger partial charge on any atom is 0.350 e. The number of nitrogens with zero attached hydrogens (tertiary/aromatic N) is 6. The average Bonchev–Trinajstić information content (AvgIpc) is 3.28. The number of carbonyl (C=O) groups is 1. The summed E-state index contributed by atoms with van der Waals surface area (Å²) in [5.74, 6) is -0.228. The average molecular weight is 385 g/mol. The third-order valence-corrected chi connectivity index (χ3v) is 3.92. The van der Waals surface area contributed by atoms with Crippen LogP contribution < -0.4 is 10.1 Å². The van der Waals surface area contributed by atoms with E-state index in [1.807, 2.05) is 31.2 Å². The first kappa shape index (κ1) is 19.0. The summed E-state index contributed by atoms with van der Waals surface area (Å²) in [5.41, 5.74) is 2.00. The molecule has 0 unspecified atom stereocenters. The van der Waals surface area contributed by atoms with Crippen molar-refractivity contribution in [1.29, 1.82) is 0 Å². The summed E-state index contributed by atoms with van der Waals surface area (Å²) >= 11 is 0. The molecule has 1 amide bonds. The molecule has 0 bridgehead atoms. The zero-order valence-corrected chi connectivity index (χ0v) is 15.4. The highest BCUT2D eigenvalue weighted by Crippen LogP contribution is 2.23.